The molecule has 0 aliphatic carbocycles. The van der Waals surface area contributed by atoms with E-state index in [2.05, 4.69) is 0 Å². The number of amides is 1. The number of Topliss-reactive ketones (excluding diaryl/α,β-unsaturated/α-hetero) is 1. The van der Waals surface area contributed by atoms with Crippen molar-refractivity contribution in [1.29, 1.82) is 0 Å². The third-order valence-corrected chi connectivity index (χ3v) is 5.21. The maximum Gasteiger partial charge on any atom is 0.295 e. The van der Waals surface area contributed by atoms with Gasteiger partial charge >= 0.3 is 0 Å². The Hall–Kier alpha value is -3.06. The van der Waals surface area contributed by atoms with Gasteiger partial charge in [-0.1, -0.05) is 30.7 Å². The monoisotopic (exact) mass is 433 g/mol. The van der Waals surface area contributed by atoms with Crippen LogP contribution in [0.25, 0.3) is 5.76 Å². The number of ether oxygens (including phenoxy) is 2. The molecule has 0 bridgehead atoms. The third-order valence-electron chi connectivity index (χ3n) is 4.92. The molecule has 8 heteroatoms. The van der Waals surface area contributed by atoms with Crippen LogP contribution in [0.1, 0.15) is 30.5 Å². The molecule has 1 aliphatic rings. The van der Waals surface area contributed by atoms with Gasteiger partial charge in [0, 0.05) is 12.6 Å². The number of carbonyl (C=O) groups excluding carboxylic acids is 2. The van der Waals surface area contributed by atoms with Crippen LogP contribution in [0, 0.1) is 5.82 Å². The van der Waals surface area contributed by atoms with E-state index in [-0.39, 0.29) is 21.9 Å². The van der Waals surface area contributed by atoms with Crippen molar-refractivity contribution < 1.29 is 28.6 Å². The van der Waals surface area contributed by atoms with Gasteiger partial charge in [-0.05, 0) is 30.2 Å². The van der Waals surface area contributed by atoms with Crippen LogP contribution in [-0.4, -0.2) is 42.5 Å². The molecule has 1 aliphatic heterocycles. The minimum atomic E-state index is -0.865. The van der Waals surface area contributed by atoms with E-state index in [9.17, 15) is 19.1 Å². The zero-order chi connectivity index (χ0) is 22.0. The zero-order valence-electron chi connectivity index (χ0n) is 16.7. The van der Waals surface area contributed by atoms with Crippen molar-refractivity contribution in [2.75, 3.05) is 20.8 Å². The van der Waals surface area contributed by atoms with E-state index in [4.69, 9.17) is 21.1 Å². The first-order valence-electron chi connectivity index (χ1n) is 9.29. The molecule has 0 aromatic heterocycles. The number of nitrogens with zero attached hydrogens (tertiary/aromatic N) is 1. The molecular formula is C22H21ClFNO5. The van der Waals surface area contributed by atoms with Gasteiger partial charge in [0.2, 0.25) is 0 Å². The van der Waals surface area contributed by atoms with Crippen LogP contribution in [0.4, 0.5) is 4.39 Å². The van der Waals surface area contributed by atoms with Crippen LogP contribution >= 0.6 is 11.6 Å². The summed E-state index contributed by atoms with van der Waals surface area (Å²) in [6.45, 7) is 2.16. The molecule has 0 saturated carbocycles. The van der Waals surface area contributed by atoms with Crippen LogP contribution in [0.5, 0.6) is 11.5 Å². The van der Waals surface area contributed by atoms with Crippen LogP contribution in [0.3, 0.4) is 0 Å². The number of ketones is 1. The van der Waals surface area contributed by atoms with Gasteiger partial charge in [0.15, 0.2) is 0 Å². The van der Waals surface area contributed by atoms with Crippen molar-refractivity contribution in [2.45, 2.75) is 19.4 Å². The van der Waals surface area contributed by atoms with Crippen LogP contribution in [-0.2, 0) is 9.59 Å². The summed E-state index contributed by atoms with van der Waals surface area (Å²) in [4.78, 5) is 26.9. The van der Waals surface area contributed by atoms with Gasteiger partial charge in [0.1, 0.15) is 23.1 Å². The largest absolute Gasteiger partial charge is 0.507 e. The standard InChI is InChI=1S/C22H21ClFNO5/c1-4-9-25-19(12-5-7-13(24)8-6-12)18(21(27)22(25)28)20(26)14-10-15(23)17(30-3)11-16(14)29-2/h5-8,10-11,19,26H,4,9H2,1-3H3/b20-18+. The van der Waals surface area contributed by atoms with Crippen molar-refractivity contribution >= 4 is 29.1 Å². The number of aliphatic hydroxyl groups is 1. The van der Waals surface area contributed by atoms with Crippen molar-refractivity contribution in [3.8, 4) is 11.5 Å². The summed E-state index contributed by atoms with van der Waals surface area (Å²) < 4.78 is 23.9. The summed E-state index contributed by atoms with van der Waals surface area (Å²) in [5.74, 6) is -1.90. The number of benzene rings is 2. The second kappa shape index (κ2) is 8.75. The first kappa shape index (κ1) is 21.6. The third kappa shape index (κ3) is 3.73. The highest BCUT2D eigenvalue weighted by atomic mass is 35.5. The SMILES string of the molecule is CCCN1C(=O)C(=O)/C(=C(/O)c2cc(Cl)c(OC)cc2OC)C1c1ccc(F)cc1. The van der Waals surface area contributed by atoms with Crippen LogP contribution in [0.15, 0.2) is 42.0 Å². The highest BCUT2D eigenvalue weighted by Crippen LogP contribution is 2.43. The lowest BCUT2D eigenvalue weighted by Crippen LogP contribution is -2.30. The summed E-state index contributed by atoms with van der Waals surface area (Å²) in [6.07, 6.45) is 0.600. The molecule has 1 saturated heterocycles. The Labute approximate surface area is 178 Å². The lowest BCUT2D eigenvalue weighted by Gasteiger charge is -2.25. The lowest BCUT2D eigenvalue weighted by molar-refractivity contribution is -0.139. The van der Waals surface area contributed by atoms with Crippen LogP contribution in [0.2, 0.25) is 5.02 Å². The Kier molecular flexibility index (Phi) is 6.31. The quantitative estimate of drug-likeness (QED) is 0.417. The molecule has 1 fully saturated rings. The van der Waals surface area contributed by atoms with E-state index >= 15 is 0 Å². The van der Waals surface area contributed by atoms with Gasteiger partial charge in [0.25, 0.3) is 11.7 Å². The molecule has 1 heterocycles. The predicted molar refractivity (Wildman–Crippen MR) is 110 cm³/mol. The minimum Gasteiger partial charge on any atom is -0.507 e. The summed E-state index contributed by atoms with van der Waals surface area (Å²) in [6, 6.07) is 7.48. The van der Waals surface area contributed by atoms with Gasteiger partial charge in [-0.2, -0.15) is 0 Å². The fraction of sp³-hybridized carbons (Fsp3) is 0.273. The number of hydrogen-bond acceptors (Lipinski definition) is 5. The molecule has 0 spiro atoms. The molecule has 2 aromatic rings. The van der Waals surface area contributed by atoms with E-state index in [1.54, 1.807) is 0 Å². The summed E-state index contributed by atoms with van der Waals surface area (Å²) >= 11 is 6.21. The predicted octanol–water partition coefficient (Wildman–Crippen LogP) is 4.33. The molecule has 1 N–H and O–H groups in total. The number of rotatable bonds is 6. The summed E-state index contributed by atoms with van der Waals surface area (Å²) in [7, 11) is 2.83. The molecule has 1 amide bonds. The van der Waals surface area contributed by atoms with Crippen molar-refractivity contribution in [2.24, 2.45) is 0 Å². The highest BCUT2D eigenvalue weighted by molar-refractivity contribution is 6.46. The number of halogens is 2. The first-order valence-corrected chi connectivity index (χ1v) is 9.67. The molecule has 1 atom stereocenters. The lowest BCUT2D eigenvalue weighted by atomic mass is 9.95. The summed E-state index contributed by atoms with van der Waals surface area (Å²) in [5, 5.41) is 11.3. The van der Waals surface area contributed by atoms with E-state index in [0.717, 1.165) is 0 Å². The number of likely N-dealkylation sites (tertiary alicyclic amines) is 1. The molecule has 3 rings (SSSR count). The van der Waals surface area contributed by atoms with Gasteiger partial charge in [-0.3, -0.25) is 9.59 Å². The van der Waals surface area contributed by atoms with Crippen molar-refractivity contribution in [3.05, 3.63) is 63.9 Å². The summed E-state index contributed by atoms with van der Waals surface area (Å²) in [5.41, 5.74) is 0.536. The molecule has 6 nitrogen and oxygen atoms in total. The Morgan fingerprint density at radius 2 is 1.77 bits per heavy atom. The van der Waals surface area contributed by atoms with Gasteiger partial charge in [-0.25, -0.2) is 4.39 Å². The fourth-order valence-corrected chi connectivity index (χ4v) is 3.77. The highest BCUT2D eigenvalue weighted by Gasteiger charge is 2.46. The van der Waals surface area contributed by atoms with Crippen molar-refractivity contribution in [1.82, 2.24) is 4.90 Å². The van der Waals surface area contributed by atoms with Crippen LogP contribution < -0.4 is 9.47 Å². The normalized spacial score (nSPS) is 18.0. The molecule has 2 aromatic carbocycles. The Morgan fingerprint density at radius 1 is 1.13 bits per heavy atom. The number of hydrogen-bond donors (Lipinski definition) is 1. The molecule has 158 valence electrons. The smallest absolute Gasteiger partial charge is 0.295 e. The minimum absolute atomic E-state index is 0.111. The van der Waals surface area contributed by atoms with Gasteiger partial charge in [0.05, 0.1) is 36.4 Å². The van der Waals surface area contributed by atoms with Crippen molar-refractivity contribution in [3.63, 3.8) is 0 Å². The second-order valence-electron chi connectivity index (χ2n) is 6.73. The second-order valence-corrected chi connectivity index (χ2v) is 7.14. The zero-order valence-corrected chi connectivity index (χ0v) is 17.5. The Bertz CT molecular complexity index is 1020. The topological polar surface area (TPSA) is 76.1 Å². The van der Waals surface area contributed by atoms with E-state index < -0.39 is 29.3 Å². The van der Waals surface area contributed by atoms with Gasteiger partial charge in [-0.15, -0.1) is 0 Å². The van der Waals surface area contributed by atoms with E-state index in [1.165, 1.54) is 55.5 Å². The molecule has 1 unspecified atom stereocenters. The molecule has 0 radical (unpaired) electrons. The molecule has 30 heavy (non-hydrogen) atoms. The molecular weight excluding hydrogens is 413 g/mol. The van der Waals surface area contributed by atoms with E-state index in [0.29, 0.717) is 24.3 Å². The van der Waals surface area contributed by atoms with Gasteiger partial charge < -0.3 is 19.5 Å². The number of carbonyl (C=O) groups is 2. The number of aliphatic hydroxyl groups excluding tert-OH is 1. The fourth-order valence-electron chi connectivity index (χ4n) is 3.53. The average Bonchev–Trinajstić information content (AvgIpc) is 2.99. The van der Waals surface area contributed by atoms with E-state index in [1.807, 2.05) is 6.92 Å². The average molecular weight is 434 g/mol. The Morgan fingerprint density at radius 3 is 2.33 bits per heavy atom. The maximum absolute atomic E-state index is 13.5. The number of methoxy groups -OCH3 is 2. The first-order chi connectivity index (χ1) is 14.3. The Balaban J connectivity index is 2.25. The maximum atomic E-state index is 13.5.